The Bertz CT molecular complexity index is 1140. The summed E-state index contributed by atoms with van der Waals surface area (Å²) < 4.78 is 72.1. The zero-order chi connectivity index (χ0) is 22.4. The molecule has 2 heterocycles. The fourth-order valence-electron chi connectivity index (χ4n) is 3.41. The Morgan fingerprint density at radius 2 is 1.32 bits per heavy atom. The van der Waals surface area contributed by atoms with Crippen molar-refractivity contribution in [3.05, 3.63) is 59.7 Å². The Labute approximate surface area is 180 Å². The Morgan fingerprint density at radius 3 is 1.84 bits per heavy atom. The molecule has 5 atom stereocenters. The molecule has 0 aliphatic carbocycles. The highest BCUT2D eigenvalue weighted by Gasteiger charge is 2.55. The molecule has 11 heteroatoms. The number of aliphatic hydroxyl groups is 1. The van der Waals surface area contributed by atoms with Crippen molar-refractivity contribution in [2.24, 2.45) is 0 Å². The SMILES string of the molecule is Cc1ccc(S(=O)(=O)OC2COC3OC2C(OS(=O)(=O)c2ccc(C)cc2)C3O)cc1. The standard InChI is InChI=1S/C20H22O9S2/c1-12-3-7-14(8-4-12)30(22,23)28-16-11-26-20-17(21)19(18(16)27-20)29-31(24,25)15-9-5-13(2)6-10-15/h3-10,16-21H,11H2,1-2H3. The van der Waals surface area contributed by atoms with E-state index in [1.54, 1.807) is 24.3 Å². The molecule has 2 aromatic carbocycles. The maximum absolute atomic E-state index is 12.7. The van der Waals surface area contributed by atoms with Crippen LogP contribution in [0.5, 0.6) is 0 Å². The Morgan fingerprint density at radius 1 is 0.839 bits per heavy atom. The highest BCUT2D eigenvalue weighted by Crippen LogP contribution is 2.35. The number of ether oxygens (including phenoxy) is 2. The minimum atomic E-state index is -4.26. The van der Waals surface area contributed by atoms with Gasteiger partial charge in [-0.25, -0.2) is 0 Å². The third kappa shape index (κ3) is 4.53. The minimum absolute atomic E-state index is 0.0662. The number of rotatable bonds is 6. The normalized spacial score (nSPS) is 28.5. The van der Waals surface area contributed by atoms with Gasteiger partial charge in [-0.05, 0) is 38.1 Å². The van der Waals surface area contributed by atoms with Crippen LogP contribution in [0.15, 0.2) is 58.3 Å². The van der Waals surface area contributed by atoms with E-state index in [-0.39, 0.29) is 16.4 Å². The second kappa shape index (κ2) is 8.24. The maximum Gasteiger partial charge on any atom is 0.297 e. The zero-order valence-corrected chi connectivity index (χ0v) is 18.4. The number of benzene rings is 2. The molecule has 0 saturated carbocycles. The predicted molar refractivity (Wildman–Crippen MR) is 107 cm³/mol. The molecule has 0 amide bonds. The van der Waals surface area contributed by atoms with Crippen LogP contribution in [0.2, 0.25) is 0 Å². The lowest BCUT2D eigenvalue weighted by Gasteiger charge is -2.29. The molecular formula is C20H22O9S2. The molecule has 2 aliphatic heterocycles. The molecule has 4 rings (SSSR count). The quantitative estimate of drug-likeness (QED) is 0.621. The fourth-order valence-corrected chi connectivity index (χ4v) is 5.58. The summed E-state index contributed by atoms with van der Waals surface area (Å²) in [5.41, 5.74) is 1.74. The van der Waals surface area contributed by atoms with Crippen LogP contribution >= 0.6 is 0 Å². The summed E-state index contributed by atoms with van der Waals surface area (Å²) in [6.07, 6.45) is -6.38. The van der Waals surface area contributed by atoms with E-state index in [4.69, 9.17) is 17.8 Å². The van der Waals surface area contributed by atoms with Gasteiger partial charge in [0.2, 0.25) is 0 Å². The van der Waals surface area contributed by atoms with Gasteiger partial charge in [-0.1, -0.05) is 35.4 Å². The van der Waals surface area contributed by atoms with Gasteiger partial charge in [0.15, 0.2) is 6.29 Å². The number of aliphatic hydroxyl groups excluding tert-OH is 1. The molecule has 2 saturated heterocycles. The van der Waals surface area contributed by atoms with E-state index in [0.717, 1.165) is 11.1 Å². The van der Waals surface area contributed by atoms with E-state index in [1.807, 2.05) is 13.8 Å². The minimum Gasteiger partial charge on any atom is -0.385 e. The van der Waals surface area contributed by atoms with Crippen LogP contribution in [0, 0.1) is 13.8 Å². The van der Waals surface area contributed by atoms with Crippen molar-refractivity contribution in [3.63, 3.8) is 0 Å². The van der Waals surface area contributed by atoms with E-state index in [2.05, 4.69) is 0 Å². The van der Waals surface area contributed by atoms with Gasteiger partial charge in [0, 0.05) is 0 Å². The van der Waals surface area contributed by atoms with Crippen LogP contribution in [-0.2, 0) is 38.1 Å². The second-order valence-corrected chi connectivity index (χ2v) is 10.7. The van der Waals surface area contributed by atoms with Gasteiger partial charge in [-0.2, -0.15) is 16.8 Å². The monoisotopic (exact) mass is 470 g/mol. The maximum atomic E-state index is 12.7. The van der Waals surface area contributed by atoms with Gasteiger partial charge in [0.05, 0.1) is 16.4 Å². The van der Waals surface area contributed by atoms with Crippen molar-refractivity contribution in [2.45, 2.75) is 54.3 Å². The molecule has 0 spiro atoms. The molecule has 1 N–H and O–H groups in total. The molecule has 0 radical (unpaired) electrons. The van der Waals surface area contributed by atoms with Crippen molar-refractivity contribution in [2.75, 3.05) is 6.61 Å². The average molecular weight is 471 g/mol. The molecule has 5 unspecified atom stereocenters. The topological polar surface area (TPSA) is 125 Å². The van der Waals surface area contributed by atoms with Gasteiger partial charge in [0.25, 0.3) is 20.2 Å². The first kappa shape index (κ1) is 22.3. The lowest BCUT2D eigenvalue weighted by atomic mass is 10.1. The van der Waals surface area contributed by atoms with Crippen molar-refractivity contribution in [1.82, 2.24) is 0 Å². The summed E-state index contributed by atoms with van der Waals surface area (Å²) in [6, 6.07) is 12.0. The van der Waals surface area contributed by atoms with E-state index >= 15 is 0 Å². The van der Waals surface area contributed by atoms with Gasteiger partial charge < -0.3 is 14.6 Å². The van der Waals surface area contributed by atoms with Crippen molar-refractivity contribution in [1.29, 1.82) is 0 Å². The Balaban J connectivity index is 1.56. The van der Waals surface area contributed by atoms with E-state index in [1.165, 1.54) is 24.3 Å². The van der Waals surface area contributed by atoms with E-state index in [0.29, 0.717) is 0 Å². The Kier molecular flexibility index (Phi) is 5.94. The van der Waals surface area contributed by atoms with Crippen LogP contribution in [0.4, 0.5) is 0 Å². The number of hydrogen-bond acceptors (Lipinski definition) is 9. The van der Waals surface area contributed by atoms with Crippen LogP contribution in [-0.4, -0.2) is 59.3 Å². The summed E-state index contributed by atoms with van der Waals surface area (Å²) in [4.78, 5) is -0.166. The summed E-state index contributed by atoms with van der Waals surface area (Å²) in [6.45, 7) is 3.40. The number of hydrogen-bond donors (Lipinski definition) is 1. The van der Waals surface area contributed by atoms with Crippen LogP contribution < -0.4 is 0 Å². The van der Waals surface area contributed by atoms with Gasteiger partial charge in [-0.3, -0.25) is 8.37 Å². The molecule has 2 aromatic rings. The Hall–Kier alpha value is -1.86. The third-order valence-electron chi connectivity index (χ3n) is 5.13. The molecule has 2 fully saturated rings. The predicted octanol–water partition coefficient (Wildman–Crippen LogP) is 1.27. The van der Waals surface area contributed by atoms with Gasteiger partial charge >= 0.3 is 0 Å². The summed E-state index contributed by atoms with van der Waals surface area (Å²) in [7, 11) is -8.45. The van der Waals surface area contributed by atoms with E-state index < -0.39 is 50.9 Å². The molecule has 9 nitrogen and oxygen atoms in total. The van der Waals surface area contributed by atoms with Crippen LogP contribution in [0.1, 0.15) is 11.1 Å². The lowest BCUT2D eigenvalue weighted by molar-refractivity contribution is -0.227. The smallest absolute Gasteiger partial charge is 0.297 e. The first-order chi connectivity index (χ1) is 14.6. The lowest BCUT2D eigenvalue weighted by Crippen LogP contribution is -2.45. The summed E-state index contributed by atoms with van der Waals surface area (Å²) in [5.74, 6) is 0. The van der Waals surface area contributed by atoms with Crippen molar-refractivity contribution < 1.29 is 39.8 Å². The van der Waals surface area contributed by atoms with Gasteiger partial charge in [0.1, 0.15) is 24.4 Å². The molecule has 168 valence electrons. The van der Waals surface area contributed by atoms with Crippen LogP contribution in [0.25, 0.3) is 0 Å². The summed E-state index contributed by atoms with van der Waals surface area (Å²) >= 11 is 0. The highest BCUT2D eigenvalue weighted by molar-refractivity contribution is 7.87. The summed E-state index contributed by atoms with van der Waals surface area (Å²) in [5, 5.41) is 10.4. The van der Waals surface area contributed by atoms with E-state index in [9.17, 15) is 21.9 Å². The molecule has 31 heavy (non-hydrogen) atoms. The number of aryl methyl sites for hydroxylation is 2. The first-order valence-corrected chi connectivity index (χ1v) is 12.3. The molecule has 2 aliphatic rings. The largest absolute Gasteiger partial charge is 0.385 e. The van der Waals surface area contributed by atoms with Crippen molar-refractivity contribution >= 4 is 20.2 Å². The van der Waals surface area contributed by atoms with Crippen molar-refractivity contribution in [3.8, 4) is 0 Å². The fraction of sp³-hybridized carbons (Fsp3) is 0.400. The van der Waals surface area contributed by atoms with Gasteiger partial charge in [-0.15, -0.1) is 0 Å². The number of fused-ring (bicyclic) bond motifs is 2. The van der Waals surface area contributed by atoms with Crippen LogP contribution in [0.3, 0.4) is 0 Å². The molecule has 0 aromatic heterocycles. The highest BCUT2D eigenvalue weighted by atomic mass is 32.2. The average Bonchev–Trinajstić information content (AvgIpc) is 2.96. The zero-order valence-electron chi connectivity index (χ0n) is 16.7. The second-order valence-electron chi connectivity index (χ2n) is 7.52. The first-order valence-electron chi connectivity index (χ1n) is 9.52. The molecule has 2 bridgehead atoms. The third-order valence-corrected chi connectivity index (χ3v) is 7.80. The molecular weight excluding hydrogens is 448 g/mol.